The maximum Gasteiger partial charge on any atom is 0.335 e. The molecule has 144 valence electrons. The van der Waals surface area contributed by atoms with Gasteiger partial charge in [0, 0.05) is 15.7 Å². The van der Waals surface area contributed by atoms with E-state index in [1.165, 1.54) is 3.11 Å². The molecule has 7 nitrogen and oxygen atoms in total. The number of urea groups is 1. The second-order valence-corrected chi connectivity index (χ2v) is 7.95. The first-order valence-electron chi connectivity index (χ1n) is 8.58. The Morgan fingerprint density at radius 3 is 2.55 bits per heavy atom. The zero-order valence-electron chi connectivity index (χ0n) is 14.9. The number of hydrogen-bond donors (Lipinski definition) is 2. The van der Waals surface area contributed by atoms with Crippen LogP contribution in [0.15, 0.2) is 77.3 Å². The molecule has 0 aliphatic rings. The van der Waals surface area contributed by atoms with Gasteiger partial charge < -0.3 is 5.32 Å². The average Bonchev–Trinajstić information content (AvgIpc) is 3.28. The first-order valence-corrected chi connectivity index (χ1v) is 10.3. The highest BCUT2D eigenvalue weighted by Gasteiger charge is 2.16. The van der Waals surface area contributed by atoms with Crippen LogP contribution in [-0.4, -0.2) is 26.7 Å². The summed E-state index contributed by atoms with van der Waals surface area (Å²) in [7, 11) is 0. The fourth-order valence-electron chi connectivity index (χ4n) is 2.85. The van der Waals surface area contributed by atoms with Gasteiger partial charge in [-0.1, -0.05) is 58.4 Å². The van der Waals surface area contributed by atoms with Crippen molar-refractivity contribution in [2.45, 2.75) is 0 Å². The van der Waals surface area contributed by atoms with Crippen molar-refractivity contribution in [3.8, 4) is 22.5 Å². The predicted molar refractivity (Wildman–Crippen MR) is 125 cm³/mol. The lowest BCUT2D eigenvalue weighted by Crippen LogP contribution is -2.25. The van der Waals surface area contributed by atoms with E-state index in [9.17, 15) is 4.79 Å². The van der Waals surface area contributed by atoms with E-state index in [0.29, 0.717) is 11.5 Å². The number of H-pyrrole nitrogens is 1. The molecule has 2 amide bonds. The van der Waals surface area contributed by atoms with Crippen LogP contribution in [0, 0.1) is 0 Å². The average molecular weight is 561 g/mol. The number of aromatic nitrogens is 4. The van der Waals surface area contributed by atoms with Crippen LogP contribution >= 0.6 is 38.8 Å². The molecule has 0 saturated carbocycles. The van der Waals surface area contributed by atoms with E-state index >= 15 is 0 Å². The van der Waals surface area contributed by atoms with Crippen LogP contribution in [0.3, 0.4) is 0 Å². The molecule has 0 radical (unpaired) electrons. The lowest BCUT2D eigenvalue weighted by Gasteiger charge is -2.17. The molecule has 0 spiro atoms. The highest BCUT2D eigenvalue weighted by Crippen LogP contribution is 2.32. The zero-order chi connectivity index (χ0) is 20.2. The number of halogens is 2. The molecule has 0 saturated heterocycles. The summed E-state index contributed by atoms with van der Waals surface area (Å²) in [5.74, 6) is 0.526. The summed E-state index contributed by atoms with van der Waals surface area (Å²) in [6.07, 6.45) is 0. The van der Waals surface area contributed by atoms with Crippen LogP contribution < -0.4 is 8.43 Å². The summed E-state index contributed by atoms with van der Waals surface area (Å²) < 4.78 is 2.42. The molecule has 1 aromatic heterocycles. The molecule has 4 rings (SSSR count). The van der Waals surface area contributed by atoms with E-state index in [2.05, 4.69) is 41.9 Å². The Hall–Kier alpha value is -2.79. The van der Waals surface area contributed by atoms with Crippen LogP contribution in [0.4, 0.5) is 16.2 Å². The van der Waals surface area contributed by atoms with E-state index in [1.54, 1.807) is 0 Å². The smallest absolute Gasteiger partial charge is 0.307 e. The summed E-state index contributed by atoms with van der Waals surface area (Å²) in [6, 6.07) is 22.8. The Bertz CT molecular complexity index is 1140. The minimum atomic E-state index is -0.266. The molecule has 0 atom stereocenters. The fraction of sp³-hybridized carbons (Fsp3) is 0. The number of carbonyl (C=O) groups is 1. The Morgan fingerprint density at radius 2 is 1.83 bits per heavy atom. The molecule has 9 heteroatoms. The Morgan fingerprint density at radius 1 is 1.00 bits per heavy atom. The van der Waals surface area contributed by atoms with Crippen LogP contribution in [0.5, 0.6) is 0 Å². The highest BCUT2D eigenvalue weighted by atomic mass is 127. The molecule has 0 aliphatic heterocycles. The number of amides is 2. The number of benzene rings is 3. The van der Waals surface area contributed by atoms with E-state index in [1.807, 2.05) is 95.7 Å². The largest absolute Gasteiger partial charge is 0.335 e. The van der Waals surface area contributed by atoms with Gasteiger partial charge in [-0.15, -0.1) is 5.10 Å². The SMILES string of the molecule is O=C(Nc1ccc(-c2ccccc2)c(-c2nnn[nH]2)c1)N(I)c1cccc(Br)c1. The third kappa shape index (κ3) is 4.46. The third-order valence-electron chi connectivity index (χ3n) is 4.17. The molecule has 2 N–H and O–H groups in total. The standard InChI is InChI=1S/C20H14BrIN6O/c21-14-7-4-8-16(11-14)28(22)20(29)23-15-9-10-17(13-5-2-1-3-6-13)18(12-15)19-24-26-27-25-19/h1-12H,(H,23,29)(H,24,25,26,27). The maximum absolute atomic E-state index is 12.7. The molecule has 4 aromatic rings. The van der Waals surface area contributed by atoms with Crippen molar-refractivity contribution in [1.29, 1.82) is 0 Å². The Kier molecular flexibility index (Phi) is 5.86. The molecule has 0 fully saturated rings. The van der Waals surface area contributed by atoms with Crippen LogP contribution in [-0.2, 0) is 0 Å². The van der Waals surface area contributed by atoms with Crippen molar-refractivity contribution < 1.29 is 4.79 Å². The van der Waals surface area contributed by atoms with Gasteiger partial charge in [0.05, 0.1) is 28.6 Å². The summed E-state index contributed by atoms with van der Waals surface area (Å²) >= 11 is 5.40. The predicted octanol–water partition coefficient (Wildman–Crippen LogP) is 5.68. The van der Waals surface area contributed by atoms with Gasteiger partial charge in [-0.2, -0.15) is 0 Å². The van der Waals surface area contributed by atoms with Gasteiger partial charge in [0.15, 0.2) is 5.82 Å². The minimum absolute atomic E-state index is 0.266. The number of nitrogens with zero attached hydrogens (tertiary/aromatic N) is 4. The van der Waals surface area contributed by atoms with Crippen molar-refractivity contribution >= 4 is 56.2 Å². The molecule has 0 bridgehead atoms. The van der Waals surface area contributed by atoms with E-state index in [4.69, 9.17) is 0 Å². The molecule has 0 unspecified atom stereocenters. The molecular formula is C20H14BrIN6O. The summed E-state index contributed by atoms with van der Waals surface area (Å²) in [4.78, 5) is 12.7. The second kappa shape index (κ2) is 8.70. The maximum atomic E-state index is 12.7. The summed E-state index contributed by atoms with van der Waals surface area (Å²) in [6.45, 7) is 0. The number of tetrazole rings is 1. The molecule has 1 heterocycles. The number of hydrogen-bond acceptors (Lipinski definition) is 4. The molecule has 0 aliphatic carbocycles. The van der Waals surface area contributed by atoms with Gasteiger partial charge in [0.1, 0.15) is 0 Å². The Balaban J connectivity index is 1.65. The monoisotopic (exact) mass is 560 g/mol. The topological polar surface area (TPSA) is 86.8 Å². The molecule has 3 aromatic carbocycles. The number of nitrogens with one attached hydrogen (secondary N) is 2. The summed E-state index contributed by atoms with van der Waals surface area (Å²) in [5, 5.41) is 17.1. The summed E-state index contributed by atoms with van der Waals surface area (Å²) in [5.41, 5.74) is 4.18. The van der Waals surface area contributed by atoms with Gasteiger partial charge in [0.25, 0.3) is 0 Å². The van der Waals surface area contributed by atoms with Gasteiger partial charge in [-0.05, 0) is 51.9 Å². The lowest BCUT2D eigenvalue weighted by molar-refractivity contribution is 0.260. The lowest BCUT2D eigenvalue weighted by atomic mass is 9.98. The molecular weight excluding hydrogens is 547 g/mol. The first kappa shape index (κ1) is 19.5. The normalized spacial score (nSPS) is 10.6. The highest BCUT2D eigenvalue weighted by molar-refractivity contribution is 14.1. The minimum Gasteiger partial charge on any atom is -0.307 e. The fourth-order valence-corrected chi connectivity index (χ4v) is 3.66. The first-order chi connectivity index (χ1) is 14.1. The molecule has 29 heavy (non-hydrogen) atoms. The van der Waals surface area contributed by atoms with Crippen LogP contribution in [0.2, 0.25) is 0 Å². The third-order valence-corrected chi connectivity index (χ3v) is 5.66. The zero-order valence-corrected chi connectivity index (χ0v) is 18.6. The van der Waals surface area contributed by atoms with Crippen molar-refractivity contribution in [2.24, 2.45) is 0 Å². The van der Waals surface area contributed by atoms with Gasteiger partial charge >= 0.3 is 6.03 Å². The van der Waals surface area contributed by atoms with E-state index < -0.39 is 0 Å². The number of rotatable bonds is 4. The van der Waals surface area contributed by atoms with Gasteiger partial charge in [-0.25, -0.2) is 13.0 Å². The van der Waals surface area contributed by atoms with Crippen molar-refractivity contribution in [2.75, 3.05) is 8.43 Å². The number of carbonyl (C=O) groups excluding carboxylic acids is 1. The van der Waals surface area contributed by atoms with Crippen molar-refractivity contribution in [1.82, 2.24) is 20.6 Å². The Labute approximate surface area is 189 Å². The van der Waals surface area contributed by atoms with Gasteiger partial charge in [-0.3, -0.25) is 0 Å². The van der Waals surface area contributed by atoms with Crippen molar-refractivity contribution in [3.05, 3.63) is 77.3 Å². The number of aromatic amines is 1. The van der Waals surface area contributed by atoms with Crippen molar-refractivity contribution in [3.63, 3.8) is 0 Å². The quantitative estimate of drug-likeness (QED) is 0.248. The van der Waals surface area contributed by atoms with Crippen LogP contribution in [0.25, 0.3) is 22.5 Å². The van der Waals surface area contributed by atoms with Crippen LogP contribution in [0.1, 0.15) is 0 Å². The number of anilines is 2. The van der Waals surface area contributed by atoms with E-state index in [-0.39, 0.29) is 6.03 Å². The van der Waals surface area contributed by atoms with Gasteiger partial charge in [0.2, 0.25) is 0 Å². The second-order valence-electron chi connectivity index (χ2n) is 6.07. The van der Waals surface area contributed by atoms with E-state index in [0.717, 1.165) is 26.9 Å².